The van der Waals surface area contributed by atoms with Gasteiger partial charge in [0.1, 0.15) is 5.01 Å². The summed E-state index contributed by atoms with van der Waals surface area (Å²) in [5.74, 6) is 0. The van der Waals surface area contributed by atoms with E-state index in [1.807, 2.05) is 6.92 Å². The van der Waals surface area contributed by atoms with Crippen molar-refractivity contribution < 1.29 is 4.74 Å². The van der Waals surface area contributed by atoms with E-state index in [1.54, 1.807) is 11.3 Å². The molecule has 90 valence electrons. The Morgan fingerprint density at radius 2 is 2.25 bits per heavy atom. The number of nitrogens with zero attached hydrogens (tertiary/aromatic N) is 2. The molecule has 2 N–H and O–H groups in total. The maximum Gasteiger partial charge on any atom is 0.205 e. The SMILES string of the molecule is Cc1nnc(NCCOC2CCNCC2)s1. The topological polar surface area (TPSA) is 59.1 Å². The predicted octanol–water partition coefficient (Wildman–Crippen LogP) is 1.03. The third-order valence-corrected chi connectivity index (χ3v) is 3.34. The van der Waals surface area contributed by atoms with E-state index < -0.39 is 0 Å². The average Bonchev–Trinajstić information content (AvgIpc) is 2.72. The van der Waals surface area contributed by atoms with E-state index in [1.165, 1.54) is 0 Å². The molecule has 1 saturated heterocycles. The van der Waals surface area contributed by atoms with Crippen LogP contribution in [0.3, 0.4) is 0 Å². The van der Waals surface area contributed by atoms with Crippen LogP contribution in [0.5, 0.6) is 0 Å². The van der Waals surface area contributed by atoms with Crippen LogP contribution >= 0.6 is 11.3 Å². The van der Waals surface area contributed by atoms with E-state index in [0.29, 0.717) is 6.10 Å². The van der Waals surface area contributed by atoms with Crippen molar-refractivity contribution in [3.63, 3.8) is 0 Å². The number of rotatable bonds is 5. The van der Waals surface area contributed by atoms with Crippen molar-refractivity contribution in [3.8, 4) is 0 Å². The van der Waals surface area contributed by atoms with Crippen LogP contribution in [0.1, 0.15) is 17.8 Å². The Hall–Kier alpha value is -0.720. The standard InChI is InChI=1S/C10H18N4OS/c1-8-13-14-10(16-8)12-6-7-15-9-2-4-11-5-3-9/h9,11H,2-7H2,1H3,(H,12,14). The quantitative estimate of drug-likeness (QED) is 0.755. The van der Waals surface area contributed by atoms with Crippen LogP contribution in [-0.2, 0) is 4.74 Å². The zero-order valence-corrected chi connectivity index (χ0v) is 10.3. The van der Waals surface area contributed by atoms with Crippen LogP contribution in [0.15, 0.2) is 0 Å². The molecule has 2 heterocycles. The fourth-order valence-corrected chi connectivity index (χ4v) is 2.33. The van der Waals surface area contributed by atoms with E-state index in [4.69, 9.17) is 4.74 Å². The van der Waals surface area contributed by atoms with Gasteiger partial charge in [-0.15, -0.1) is 10.2 Å². The lowest BCUT2D eigenvalue weighted by atomic mass is 10.1. The molecular formula is C10H18N4OS. The molecule has 0 aromatic carbocycles. The van der Waals surface area contributed by atoms with Gasteiger partial charge in [-0.2, -0.15) is 0 Å². The van der Waals surface area contributed by atoms with Gasteiger partial charge in [0.05, 0.1) is 12.7 Å². The molecule has 0 bridgehead atoms. The highest BCUT2D eigenvalue weighted by atomic mass is 32.1. The summed E-state index contributed by atoms with van der Waals surface area (Å²) in [6.07, 6.45) is 2.68. The summed E-state index contributed by atoms with van der Waals surface area (Å²) in [5, 5.41) is 16.3. The van der Waals surface area contributed by atoms with Gasteiger partial charge in [0.2, 0.25) is 5.13 Å². The second kappa shape index (κ2) is 6.12. The molecule has 1 aliphatic rings. The zero-order chi connectivity index (χ0) is 11.2. The average molecular weight is 242 g/mol. The fourth-order valence-electron chi connectivity index (χ4n) is 1.71. The molecular weight excluding hydrogens is 224 g/mol. The Bertz CT molecular complexity index is 312. The zero-order valence-electron chi connectivity index (χ0n) is 9.53. The summed E-state index contributed by atoms with van der Waals surface area (Å²) in [5.41, 5.74) is 0. The third kappa shape index (κ3) is 3.70. The van der Waals surface area contributed by atoms with Gasteiger partial charge in [-0.3, -0.25) is 0 Å². The van der Waals surface area contributed by atoms with Crippen molar-refractivity contribution >= 4 is 16.5 Å². The van der Waals surface area contributed by atoms with Crippen molar-refractivity contribution in [2.45, 2.75) is 25.9 Å². The van der Waals surface area contributed by atoms with E-state index >= 15 is 0 Å². The summed E-state index contributed by atoms with van der Waals surface area (Å²) >= 11 is 1.57. The molecule has 1 aliphatic heterocycles. The molecule has 1 fully saturated rings. The summed E-state index contributed by atoms with van der Waals surface area (Å²) in [6, 6.07) is 0. The van der Waals surface area contributed by atoms with Crippen LogP contribution < -0.4 is 10.6 Å². The van der Waals surface area contributed by atoms with Gasteiger partial charge in [-0.05, 0) is 32.9 Å². The van der Waals surface area contributed by atoms with E-state index in [0.717, 1.165) is 49.2 Å². The van der Waals surface area contributed by atoms with Gasteiger partial charge >= 0.3 is 0 Å². The van der Waals surface area contributed by atoms with Gasteiger partial charge in [0, 0.05) is 6.54 Å². The minimum absolute atomic E-state index is 0.430. The number of anilines is 1. The first-order chi connectivity index (χ1) is 7.84. The van der Waals surface area contributed by atoms with Crippen LogP contribution in [0.25, 0.3) is 0 Å². The molecule has 0 spiro atoms. The van der Waals surface area contributed by atoms with Crippen LogP contribution in [0.4, 0.5) is 5.13 Å². The maximum atomic E-state index is 5.77. The van der Waals surface area contributed by atoms with E-state index in [-0.39, 0.29) is 0 Å². The Morgan fingerprint density at radius 1 is 1.44 bits per heavy atom. The van der Waals surface area contributed by atoms with Gasteiger partial charge in [-0.1, -0.05) is 11.3 Å². The highest BCUT2D eigenvalue weighted by Gasteiger charge is 2.12. The van der Waals surface area contributed by atoms with Crippen molar-refractivity contribution in [2.24, 2.45) is 0 Å². The molecule has 1 aromatic rings. The first kappa shape index (κ1) is 11.8. The van der Waals surface area contributed by atoms with Gasteiger partial charge in [0.25, 0.3) is 0 Å². The summed E-state index contributed by atoms with van der Waals surface area (Å²) in [7, 11) is 0. The van der Waals surface area contributed by atoms with Crippen molar-refractivity contribution in [1.29, 1.82) is 0 Å². The summed E-state index contributed by atoms with van der Waals surface area (Å²) in [6.45, 7) is 5.65. The smallest absolute Gasteiger partial charge is 0.205 e. The molecule has 0 radical (unpaired) electrons. The lowest BCUT2D eigenvalue weighted by molar-refractivity contribution is 0.0394. The first-order valence-electron chi connectivity index (χ1n) is 5.71. The van der Waals surface area contributed by atoms with E-state index in [2.05, 4.69) is 20.8 Å². The van der Waals surface area contributed by atoms with Crippen molar-refractivity contribution in [3.05, 3.63) is 5.01 Å². The van der Waals surface area contributed by atoms with Crippen molar-refractivity contribution in [2.75, 3.05) is 31.6 Å². The van der Waals surface area contributed by atoms with Crippen LogP contribution in [0.2, 0.25) is 0 Å². The summed E-state index contributed by atoms with van der Waals surface area (Å²) in [4.78, 5) is 0. The molecule has 0 atom stereocenters. The Balaban J connectivity index is 1.57. The van der Waals surface area contributed by atoms with Crippen LogP contribution in [0, 0.1) is 6.92 Å². The second-order valence-electron chi connectivity index (χ2n) is 3.87. The number of aryl methyl sites for hydroxylation is 1. The number of nitrogens with one attached hydrogen (secondary N) is 2. The lowest BCUT2D eigenvalue weighted by Gasteiger charge is -2.22. The van der Waals surface area contributed by atoms with Crippen molar-refractivity contribution in [1.82, 2.24) is 15.5 Å². The lowest BCUT2D eigenvalue weighted by Crippen LogP contribution is -2.33. The Labute approximate surface area is 99.6 Å². The summed E-state index contributed by atoms with van der Waals surface area (Å²) < 4.78 is 5.77. The Kier molecular flexibility index (Phi) is 4.50. The fraction of sp³-hybridized carbons (Fsp3) is 0.800. The molecule has 1 aromatic heterocycles. The van der Waals surface area contributed by atoms with Gasteiger partial charge < -0.3 is 15.4 Å². The third-order valence-electron chi connectivity index (χ3n) is 2.54. The monoisotopic (exact) mass is 242 g/mol. The molecule has 0 unspecified atom stereocenters. The van der Waals surface area contributed by atoms with Gasteiger partial charge in [-0.25, -0.2) is 0 Å². The van der Waals surface area contributed by atoms with Crippen LogP contribution in [-0.4, -0.2) is 42.5 Å². The molecule has 6 heteroatoms. The Morgan fingerprint density at radius 3 is 2.94 bits per heavy atom. The number of piperidine rings is 1. The number of hydrogen-bond donors (Lipinski definition) is 2. The first-order valence-corrected chi connectivity index (χ1v) is 6.52. The molecule has 0 amide bonds. The normalized spacial score (nSPS) is 17.6. The molecule has 2 rings (SSSR count). The predicted molar refractivity (Wildman–Crippen MR) is 65.0 cm³/mol. The second-order valence-corrected chi connectivity index (χ2v) is 5.05. The highest BCUT2D eigenvalue weighted by molar-refractivity contribution is 7.15. The number of hydrogen-bond acceptors (Lipinski definition) is 6. The molecule has 0 saturated carbocycles. The minimum Gasteiger partial charge on any atom is -0.376 e. The minimum atomic E-state index is 0.430. The van der Waals surface area contributed by atoms with Gasteiger partial charge in [0.15, 0.2) is 0 Å². The number of ether oxygens (including phenoxy) is 1. The molecule has 16 heavy (non-hydrogen) atoms. The maximum absolute atomic E-state index is 5.77. The number of aromatic nitrogens is 2. The highest BCUT2D eigenvalue weighted by Crippen LogP contribution is 2.13. The molecule has 0 aliphatic carbocycles. The largest absolute Gasteiger partial charge is 0.376 e. The molecule has 5 nitrogen and oxygen atoms in total. The van der Waals surface area contributed by atoms with E-state index in [9.17, 15) is 0 Å².